The number of rotatable bonds is 4. The van der Waals surface area contributed by atoms with Gasteiger partial charge in [0.15, 0.2) is 0 Å². The average molecular weight is 405 g/mol. The normalized spacial score (nSPS) is 20.1. The predicted molar refractivity (Wildman–Crippen MR) is 89.5 cm³/mol. The molecule has 0 aromatic rings. The van der Waals surface area contributed by atoms with Crippen molar-refractivity contribution in [3.8, 4) is 0 Å². The van der Waals surface area contributed by atoms with Gasteiger partial charge in [-0.3, -0.25) is 0 Å². The van der Waals surface area contributed by atoms with E-state index in [1.54, 1.807) is 16.0 Å². The van der Waals surface area contributed by atoms with E-state index in [0.717, 1.165) is 22.9 Å². The Kier molecular flexibility index (Phi) is 7.26. The first-order chi connectivity index (χ1) is 8.95. The molecule has 2 aliphatic carbocycles. The molecule has 4 heteroatoms. The van der Waals surface area contributed by atoms with Crippen molar-refractivity contribution in [2.24, 2.45) is 0 Å². The zero-order valence-corrected chi connectivity index (χ0v) is 18.2. The van der Waals surface area contributed by atoms with Crippen LogP contribution in [0.25, 0.3) is 0 Å². The molecule has 2 aliphatic rings. The topological polar surface area (TPSA) is 0 Å². The fraction of sp³-hybridized carbons (Fsp3) is 0.500. The molecule has 0 aromatic heterocycles. The van der Waals surface area contributed by atoms with Crippen molar-refractivity contribution in [3.05, 3.63) is 42.7 Å². The van der Waals surface area contributed by atoms with Crippen LogP contribution in [-0.2, 0) is 26.2 Å². The Balaban J connectivity index is 0.00000200. The largest absolute Gasteiger partial charge is 0.0885 e. The van der Waals surface area contributed by atoms with E-state index < -0.39 is 9.52 Å². The van der Waals surface area contributed by atoms with E-state index in [0.29, 0.717) is 0 Å². The minimum absolute atomic E-state index is 0. The van der Waals surface area contributed by atoms with Crippen molar-refractivity contribution in [2.75, 3.05) is 0 Å². The van der Waals surface area contributed by atoms with Crippen LogP contribution in [0, 0.1) is 0 Å². The molecular weight excluding hydrogens is 382 g/mol. The standard InChI is InChI=1S/C16H22Cl2Si.Zr/c1-5-6-12-8-14(18)11(4)16(12)19-15-9(2)7-13(17)10(15)3;/h5-8,19H2,1-4H3;. The minimum Gasteiger partial charge on any atom is -0.0885 e. The second-order valence-electron chi connectivity index (χ2n) is 5.68. The molecular formula is C16H22Cl2SiZr. The maximum absolute atomic E-state index is 6.38. The SMILES string of the molecule is CCCC1=C([SiH2]C2=C(C)CC(Cl)=C2C)C(C)=C(Cl)C1.[Zr]. The molecule has 0 nitrogen and oxygen atoms in total. The molecule has 0 radical (unpaired) electrons. The minimum atomic E-state index is -0.435. The van der Waals surface area contributed by atoms with Crippen LogP contribution in [0.2, 0.25) is 0 Å². The summed E-state index contributed by atoms with van der Waals surface area (Å²) in [4.78, 5) is 0. The van der Waals surface area contributed by atoms with Gasteiger partial charge in [0, 0.05) is 49.1 Å². The summed E-state index contributed by atoms with van der Waals surface area (Å²) in [5.74, 6) is 0. The van der Waals surface area contributed by atoms with Crippen LogP contribution in [0.15, 0.2) is 42.7 Å². The van der Waals surface area contributed by atoms with Crippen molar-refractivity contribution in [2.45, 2.75) is 53.4 Å². The molecule has 2 rings (SSSR count). The second-order valence-corrected chi connectivity index (χ2v) is 8.36. The van der Waals surface area contributed by atoms with E-state index in [-0.39, 0.29) is 26.2 Å². The molecule has 108 valence electrons. The first-order valence-corrected chi connectivity index (χ1v) is 9.23. The molecule has 0 heterocycles. The molecule has 0 aliphatic heterocycles. The van der Waals surface area contributed by atoms with Crippen molar-refractivity contribution >= 4 is 32.7 Å². The van der Waals surface area contributed by atoms with Crippen LogP contribution in [0.4, 0.5) is 0 Å². The van der Waals surface area contributed by atoms with Crippen LogP contribution in [-0.4, -0.2) is 9.52 Å². The summed E-state index contributed by atoms with van der Waals surface area (Å²) < 4.78 is 0. The van der Waals surface area contributed by atoms with Crippen molar-refractivity contribution in [1.29, 1.82) is 0 Å². The van der Waals surface area contributed by atoms with Crippen molar-refractivity contribution < 1.29 is 26.2 Å². The zero-order valence-electron chi connectivity index (χ0n) is 12.8. The quantitative estimate of drug-likeness (QED) is 0.557. The smallest absolute Gasteiger partial charge is 0.0882 e. The third kappa shape index (κ3) is 3.69. The van der Waals surface area contributed by atoms with E-state index in [4.69, 9.17) is 23.2 Å². The number of allylic oxidation sites excluding steroid dienone is 8. The predicted octanol–water partition coefficient (Wildman–Crippen LogP) is 5.31. The molecule has 0 fully saturated rings. The Morgan fingerprint density at radius 2 is 1.50 bits per heavy atom. The van der Waals surface area contributed by atoms with Crippen LogP contribution in [0.5, 0.6) is 0 Å². The molecule has 0 saturated carbocycles. The third-order valence-corrected chi connectivity index (χ3v) is 8.06. The fourth-order valence-electron chi connectivity index (χ4n) is 3.07. The van der Waals surface area contributed by atoms with E-state index in [1.807, 2.05) is 0 Å². The first-order valence-electron chi connectivity index (χ1n) is 7.06. The first kappa shape index (κ1) is 18.7. The molecule has 0 spiro atoms. The number of hydrogen-bond donors (Lipinski definition) is 0. The summed E-state index contributed by atoms with van der Waals surface area (Å²) in [6.45, 7) is 8.85. The molecule has 20 heavy (non-hydrogen) atoms. The fourth-order valence-corrected chi connectivity index (χ4v) is 6.17. The van der Waals surface area contributed by atoms with Crippen LogP contribution >= 0.6 is 23.2 Å². The molecule has 0 atom stereocenters. The van der Waals surface area contributed by atoms with Crippen molar-refractivity contribution in [3.63, 3.8) is 0 Å². The number of hydrogen-bond acceptors (Lipinski definition) is 0. The summed E-state index contributed by atoms with van der Waals surface area (Å²) in [6.07, 6.45) is 4.35. The van der Waals surface area contributed by atoms with Crippen LogP contribution in [0.3, 0.4) is 0 Å². The van der Waals surface area contributed by atoms with Gasteiger partial charge in [-0.1, -0.05) is 58.1 Å². The zero-order chi connectivity index (χ0) is 14.2. The van der Waals surface area contributed by atoms with Gasteiger partial charge in [-0.25, -0.2) is 0 Å². The van der Waals surface area contributed by atoms with Crippen molar-refractivity contribution in [1.82, 2.24) is 0 Å². The molecule has 0 saturated heterocycles. The molecule has 0 amide bonds. The Labute approximate surface area is 154 Å². The summed E-state index contributed by atoms with van der Waals surface area (Å²) in [5, 5.41) is 5.28. The second kappa shape index (κ2) is 7.77. The molecule has 0 aromatic carbocycles. The summed E-state index contributed by atoms with van der Waals surface area (Å²) in [6, 6.07) is 0. The summed E-state index contributed by atoms with van der Waals surface area (Å²) >= 11 is 12.7. The van der Waals surface area contributed by atoms with Gasteiger partial charge in [-0.05, 0) is 38.3 Å². The maximum atomic E-state index is 6.38. The van der Waals surface area contributed by atoms with Gasteiger partial charge in [-0.15, -0.1) is 0 Å². The Hall–Kier alpha value is 0.640. The van der Waals surface area contributed by atoms with Gasteiger partial charge in [0.2, 0.25) is 0 Å². The number of halogens is 2. The third-order valence-electron chi connectivity index (χ3n) is 4.36. The van der Waals surface area contributed by atoms with Gasteiger partial charge in [-0.2, -0.15) is 0 Å². The van der Waals surface area contributed by atoms with Gasteiger partial charge >= 0.3 is 0 Å². The van der Waals surface area contributed by atoms with Crippen LogP contribution < -0.4 is 0 Å². The van der Waals surface area contributed by atoms with E-state index in [9.17, 15) is 0 Å². The van der Waals surface area contributed by atoms with Gasteiger partial charge < -0.3 is 0 Å². The maximum Gasteiger partial charge on any atom is 0.0882 e. The van der Waals surface area contributed by atoms with E-state index in [1.165, 1.54) is 29.6 Å². The van der Waals surface area contributed by atoms with Crippen LogP contribution in [0.1, 0.15) is 53.4 Å². The Morgan fingerprint density at radius 3 is 2.00 bits per heavy atom. The Bertz CT molecular complexity index is 539. The van der Waals surface area contributed by atoms with Gasteiger partial charge in [0.05, 0.1) is 9.52 Å². The molecule has 0 N–H and O–H groups in total. The van der Waals surface area contributed by atoms with Gasteiger partial charge in [0.25, 0.3) is 0 Å². The summed E-state index contributed by atoms with van der Waals surface area (Å²) in [7, 11) is -0.435. The van der Waals surface area contributed by atoms with Gasteiger partial charge in [0.1, 0.15) is 0 Å². The monoisotopic (exact) mass is 402 g/mol. The molecule has 0 unspecified atom stereocenters. The average Bonchev–Trinajstić information content (AvgIpc) is 2.74. The summed E-state index contributed by atoms with van der Waals surface area (Å²) in [5.41, 5.74) is 5.76. The molecule has 0 bridgehead atoms. The Morgan fingerprint density at radius 1 is 0.950 bits per heavy atom. The van der Waals surface area contributed by atoms with E-state index >= 15 is 0 Å². The van der Waals surface area contributed by atoms with E-state index in [2.05, 4.69) is 27.7 Å².